The molecule has 0 spiro atoms. The zero-order valence-electron chi connectivity index (χ0n) is 8.19. The summed E-state index contributed by atoms with van der Waals surface area (Å²) in [5.74, 6) is -0.358. The van der Waals surface area contributed by atoms with E-state index in [0.29, 0.717) is 12.8 Å². The van der Waals surface area contributed by atoms with Gasteiger partial charge in [0.05, 0.1) is 11.5 Å². The molecule has 0 aromatic carbocycles. The molecule has 0 bridgehead atoms. The molecule has 2 heterocycles. The summed E-state index contributed by atoms with van der Waals surface area (Å²) in [4.78, 5) is 0. The van der Waals surface area contributed by atoms with Crippen molar-refractivity contribution < 1.29 is 16.8 Å². The predicted octanol–water partition coefficient (Wildman–Crippen LogP) is 0.740. The van der Waals surface area contributed by atoms with Crippen LogP contribution in [0.1, 0.15) is 12.8 Å². The van der Waals surface area contributed by atoms with Gasteiger partial charge < -0.3 is 0 Å². The van der Waals surface area contributed by atoms with Gasteiger partial charge in [0, 0.05) is 10.8 Å². The molecule has 4 nitrogen and oxygen atoms in total. The summed E-state index contributed by atoms with van der Waals surface area (Å²) in [6.07, 6.45) is 1.09. The van der Waals surface area contributed by atoms with Crippen LogP contribution in [0.4, 0.5) is 0 Å². The summed E-state index contributed by atoms with van der Waals surface area (Å²) in [7, 11) is -6.81. The molecule has 0 amide bonds. The summed E-state index contributed by atoms with van der Waals surface area (Å²) in [6, 6.07) is 0. The lowest BCUT2D eigenvalue weighted by Gasteiger charge is -2.50. The van der Waals surface area contributed by atoms with Gasteiger partial charge in [-0.1, -0.05) is 0 Å². The second-order valence-corrected chi connectivity index (χ2v) is 10.6. The van der Waals surface area contributed by atoms with Gasteiger partial charge in [0.15, 0.2) is 19.7 Å². The zero-order valence-corrected chi connectivity index (χ0v) is 11.3. The summed E-state index contributed by atoms with van der Waals surface area (Å²) >= 11 is 11.9. The molecule has 0 unspecified atom stereocenters. The van der Waals surface area contributed by atoms with Gasteiger partial charge in [-0.3, -0.25) is 0 Å². The Morgan fingerprint density at radius 1 is 0.812 bits per heavy atom. The van der Waals surface area contributed by atoms with Gasteiger partial charge in [0.2, 0.25) is 0 Å². The third-order valence-electron chi connectivity index (χ3n) is 4.43. The van der Waals surface area contributed by atoms with Crippen LogP contribution >= 0.6 is 23.2 Å². The topological polar surface area (TPSA) is 68.3 Å². The molecule has 3 fully saturated rings. The lowest BCUT2D eigenvalue weighted by Crippen LogP contribution is -2.53. The Labute approximate surface area is 104 Å². The molecule has 0 N–H and O–H groups in total. The Hall–Kier alpha value is 0.480. The molecule has 0 aromatic heterocycles. The normalized spacial score (nSPS) is 56.4. The molecule has 3 aliphatic rings. The maximum atomic E-state index is 11.8. The highest BCUT2D eigenvalue weighted by Crippen LogP contribution is 2.73. The molecular weight excluding hydrogens is 295 g/mol. The van der Waals surface area contributed by atoms with Crippen LogP contribution < -0.4 is 0 Å². The van der Waals surface area contributed by atoms with Gasteiger partial charge in [-0.25, -0.2) is 16.8 Å². The van der Waals surface area contributed by atoms with E-state index < -0.39 is 39.9 Å². The molecule has 2 aliphatic heterocycles. The highest BCUT2D eigenvalue weighted by molar-refractivity contribution is 7.95. The van der Waals surface area contributed by atoms with Crippen LogP contribution in [0.15, 0.2) is 0 Å². The van der Waals surface area contributed by atoms with E-state index in [-0.39, 0.29) is 11.5 Å². The largest absolute Gasteiger partial charge is 0.227 e. The van der Waals surface area contributed by atoms with Crippen molar-refractivity contribution in [2.24, 2.45) is 10.8 Å². The maximum Gasteiger partial charge on any atom is 0.168 e. The molecule has 4 atom stereocenters. The van der Waals surface area contributed by atoms with E-state index in [1.807, 2.05) is 0 Å². The number of hydrogen-bond donors (Lipinski definition) is 0. The first kappa shape index (κ1) is 11.6. The molecule has 16 heavy (non-hydrogen) atoms. The molecule has 8 heteroatoms. The first-order valence-corrected chi connectivity index (χ1v) is 9.20. The quantitative estimate of drug-likeness (QED) is 0.619. The molecule has 1 saturated carbocycles. The number of alkyl halides is 2. The molecule has 92 valence electrons. The fourth-order valence-corrected chi connectivity index (χ4v) is 10.3. The molecule has 3 rings (SSSR count). The van der Waals surface area contributed by atoms with Crippen molar-refractivity contribution >= 4 is 42.9 Å². The lowest BCUT2D eigenvalue weighted by atomic mass is 9.53. The molecule has 1 aliphatic carbocycles. The third kappa shape index (κ3) is 0.955. The van der Waals surface area contributed by atoms with Crippen molar-refractivity contribution in [3.63, 3.8) is 0 Å². The van der Waals surface area contributed by atoms with Crippen LogP contribution in [0.3, 0.4) is 0 Å². The van der Waals surface area contributed by atoms with Gasteiger partial charge in [0.1, 0.15) is 9.42 Å². The molecule has 0 radical (unpaired) electrons. The van der Waals surface area contributed by atoms with Gasteiger partial charge in [-0.15, -0.1) is 23.2 Å². The van der Waals surface area contributed by atoms with E-state index in [4.69, 9.17) is 23.2 Å². The van der Waals surface area contributed by atoms with E-state index in [0.717, 1.165) is 0 Å². The number of halogens is 2. The number of rotatable bonds is 0. The van der Waals surface area contributed by atoms with E-state index in [1.54, 1.807) is 0 Å². The Kier molecular flexibility index (Phi) is 1.97. The van der Waals surface area contributed by atoms with Crippen molar-refractivity contribution in [1.29, 1.82) is 0 Å². The Balaban J connectivity index is 2.25. The summed E-state index contributed by atoms with van der Waals surface area (Å²) in [5, 5.41) is 0. The van der Waals surface area contributed by atoms with Crippen LogP contribution in [-0.4, -0.2) is 37.8 Å². The Bertz CT molecular complexity index is 517. The zero-order chi connectivity index (χ0) is 12.0. The highest BCUT2D eigenvalue weighted by atomic mass is 35.5. The van der Waals surface area contributed by atoms with Crippen LogP contribution in [0.2, 0.25) is 0 Å². The van der Waals surface area contributed by atoms with E-state index in [9.17, 15) is 16.8 Å². The maximum absolute atomic E-state index is 11.8. The lowest BCUT2D eigenvalue weighted by molar-refractivity contribution is 0.00939. The van der Waals surface area contributed by atoms with E-state index in [2.05, 4.69) is 0 Å². The second kappa shape index (κ2) is 2.73. The third-order valence-corrected chi connectivity index (χ3v) is 10.9. The minimum absolute atomic E-state index is 0.179. The van der Waals surface area contributed by atoms with E-state index in [1.165, 1.54) is 0 Å². The van der Waals surface area contributed by atoms with E-state index >= 15 is 0 Å². The highest BCUT2D eigenvalue weighted by Gasteiger charge is 2.80. The average molecular weight is 305 g/mol. The van der Waals surface area contributed by atoms with Crippen molar-refractivity contribution in [3.05, 3.63) is 0 Å². The van der Waals surface area contributed by atoms with Crippen LogP contribution in [0, 0.1) is 10.8 Å². The Morgan fingerprint density at radius 3 is 1.38 bits per heavy atom. The number of sulfone groups is 2. The average Bonchev–Trinajstić information content (AvgIpc) is 2.32. The van der Waals surface area contributed by atoms with Crippen LogP contribution in [0.5, 0.6) is 0 Å². The van der Waals surface area contributed by atoms with Crippen molar-refractivity contribution in [3.8, 4) is 0 Å². The van der Waals surface area contributed by atoms with Gasteiger partial charge in [-0.2, -0.15) is 0 Å². The van der Waals surface area contributed by atoms with Crippen molar-refractivity contribution in [2.45, 2.75) is 22.3 Å². The summed E-state index contributed by atoms with van der Waals surface area (Å²) in [5.41, 5.74) is -1.64. The first-order chi connectivity index (χ1) is 7.18. The number of hydrogen-bond acceptors (Lipinski definition) is 4. The fraction of sp³-hybridized carbons (Fsp3) is 1.00. The minimum atomic E-state index is -3.41. The van der Waals surface area contributed by atoms with Crippen molar-refractivity contribution in [1.82, 2.24) is 0 Å². The Morgan fingerprint density at radius 2 is 1.12 bits per heavy atom. The smallest absolute Gasteiger partial charge is 0.168 e. The monoisotopic (exact) mass is 304 g/mol. The minimum Gasteiger partial charge on any atom is -0.227 e. The predicted molar refractivity (Wildman–Crippen MR) is 61.0 cm³/mol. The van der Waals surface area contributed by atoms with Gasteiger partial charge >= 0.3 is 0 Å². The standard InChI is InChI=1S/C8H10Cl2O4S2/c9-5-7-1-2-8(7,4-16(5,13)14)6(10)15(11,12)3-7/h5-6H,1-4H2/t5-,6+,7-,8-/m0/s1. The van der Waals surface area contributed by atoms with Crippen LogP contribution in [0.25, 0.3) is 0 Å². The van der Waals surface area contributed by atoms with Crippen molar-refractivity contribution in [2.75, 3.05) is 11.5 Å². The van der Waals surface area contributed by atoms with Crippen LogP contribution in [-0.2, 0) is 19.7 Å². The first-order valence-electron chi connectivity index (χ1n) is 4.89. The summed E-state index contributed by atoms with van der Waals surface area (Å²) < 4.78 is 45.0. The molecule has 0 aromatic rings. The second-order valence-electron chi connectivity index (χ2n) is 5.06. The molecular formula is C8H10Cl2O4S2. The van der Waals surface area contributed by atoms with Gasteiger partial charge in [-0.05, 0) is 12.8 Å². The molecule has 2 saturated heterocycles. The summed E-state index contributed by atoms with van der Waals surface area (Å²) in [6.45, 7) is 0. The van der Waals surface area contributed by atoms with Gasteiger partial charge in [0.25, 0.3) is 0 Å². The SMILES string of the molecule is O=S1(=O)C[C@]23CC[C@]2(CS(=O)(=O)[C@H]3Cl)[C@H]1Cl. The fourth-order valence-electron chi connectivity index (χ4n) is 3.56.